The molecule has 2 unspecified atom stereocenters. The first-order chi connectivity index (χ1) is 11.2. The van der Waals surface area contributed by atoms with Crippen molar-refractivity contribution in [3.8, 4) is 5.75 Å². The van der Waals surface area contributed by atoms with Crippen molar-refractivity contribution < 1.29 is 4.74 Å². The van der Waals surface area contributed by atoms with Crippen LogP contribution in [-0.2, 0) is 7.05 Å². The molecule has 1 aliphatic rings. The molecule has 2 atom stereocenters. The third-order valence-electron chi connectivity index (χ3n) is 4.70. The highest BCUT2D eigenvalue weighted by Crippen LogP contribution is 2.26. The van der Waals surface area contributed by atoms with Crippen molar-refractivity contribution in [2.45, 2.75) is 18.9 Å². The quantitative estimate of drug-likeness (QED) is 0.900. The van der Waals surface area contributed by atoms with Gasteiger partial charge in [-0.1, -0.05) is 19.1 Å². The molecule has 2 heterocycles. The Morgan fingerprint density at radius 1 is 1.33 bits per heavy atom. The molecule has 0 amide bonds. The van der Waals surface area contributed by atoms with Gasteiger partial charge in [-0.2, -0.15) is 0 Å². The van der Waals surface area contributed by atoms with E-state index in [1.807, 2.05) is 24.5 Å². The van der Waals surface area contributed by atoms with Crippen LogP contribution >= 0.6 is 12.4 Å². The molecule has 0 aliphatic carbocycles. The standard InChI is InChI=1S/C18H26N4O.ClH/c1-14(15-4-6-16(23-3)7-5-15)13-22-11-8-19-12-17(22)18-20-9-10-21(18)2;/h4-7,9-10,14,17,19H,8,11-13H2,1-3H3;1H. The largest absolute Gasteiger partial charge is 0.497 e. The van der Waals surface area contributed by atoms with Gasteiger partial charge in [-0.05, 0) is 23.6 Å². The Balaban J connectivity index is 0.00000208. The number of rotatable bonds is 5. The van der Waals surface area contributed by atoms with Crippen LogP contribution in [0.4, 0.5) is 0 Å². The van der Waals surface area contributed by atoms with E-state index in [0.29, 0.717) is 12.0 Å². The van der Waals surface area contributed by atoms with E-state index in [-0.39, 0.29) is 12.4 Å². The summed E-state index contributed by atoms with van der Waals surface area (Å²) in [6.45, 7) is 6.37. The summed E-state index contributed by atoms with van der Waals surface area (Å²) < 4.78 is 7.38. The van der Waals surface area contributed by atoms with Crippen LogP contribution in [0.3, 0.4) is 0 Å². The Kier molecular flexibility index (Phi) is 6.66. The van der Waals surface area contributed by atoms with Gasteiger partial charge in [-0.25, -0.2) is 4.98 Å². The second-order valence-electron chi connectivity index (χ2n) is 6.29. The highest BCUT2D eigenvalue weighted by Gasteiger charge is 2.27. The van der Waals surface area contributed by atoms with Crippen molar-refractivity contribution in [3.05, 3.63) is 48.0 Å². The molecule has 2 aromatic rings. The molecular formula is C18H27ClN4O. The maximum absolute atomic E-state index is 5.25. The van der Waals surface area contributed by atoms with Crippen LogP contribution in [-0.4, -0.2) is 47.7 Å². The molecule has 5 nitrogen and oxygen atoms in total. The molecule has 0 bridgehead atoms. The molecule has 1 N–H and O–H groups in total. The highest BCUT2D eigenvalue weighted by molar-refractivity contribution is 5.85. The summed E-state index contributed by atoms with van der Waals surface area (Å²) in [5, 5.41) is 3.50. The Labute approximate surface area is 150 Å². The summed E-state index contributed by atoms with van der Waals surface area (Å²) in [7, 11) is 3.78. The van der Waals surface area contributed by atoms with E-state index in [4.69, 9.17) is 4.74 Å². The molecule has 0 saturated carbocycles. The number of benzene rings is 1. The zero-order chi connectivity index (χ0) is 16.2. The summed E-state index contributed by atoms with van der Waals surface area (Å²) in [5.74, 6) is 2.52. The molecule has 0 radical (unpaired) electrons. The molecule has 0 spiro atoms. The van der Waals surface area contributed by atoms with E-state index in [2.05, 4.69) is 45.9 Å². The lowest BCUT2D eigenvalue weighted by Gasteiger charge is -2.37. The fourth-order valence-electron chi connectivity index (χ4n) is 3.31. The average molecular weight is 351 g/mol. The van der Waals surface area contributed by atoms with Crippen molar-refractivity contribution in [1.29, 1.82) is 0 Å². The Hall–Kier alpha value is -1.56. The van der Waals surface area contributed by atoms with Gasteiger partial charge >= 0.3 is 0 Å². The zero-order valence-electron chi connectivity index (χ0n) is 14.6. The number of hydrogen-bond donors (Lipinski definition) is 1. The number of ether oxygens (including phenoxy) is 1. The fraction of sp³-hybridized carbons (Fsp3) is 0.500. The number of methoxy groups -OCH3 is 1. The van der Waals surface area contributed by atoms with Gasteiger partial charge < -0.3 is 14.6 Å². The van der Waals surface area contributed by atoms with Crippen LogP contribution in [0, 0.1) is 0 Å². The minimum Gasteiger partial charge on any atom is -0.497 e. The lowest BCUT2D eigenvalue weighted by molar-refractivity contribution is 0.145. The fourth-order valence-corrected chi connectivity index (χ4v) is 3.31. The van der Waals surface area contributed by atoms with Crippen molar-refractivity contribution >= 4 is 12.4 Å². The van der Waals surface area contributed by atoms with Gasteiger partial charge in [0, 0.05) is 45.6 Å². The first-order valence-corrected chi connectivity index (χ1v) is 8.25. The van der Waals surface area contributed by atoms with E-state index in [0.717, 1.165) is 37.8 Å². The average Bonchev–Trinajstić information content (AvgIpc) is 3.01. The van der Waals surface area contributed by atoms with E-state index in [9.17, 15) is 0 Å². The lowest BCUT2D eigenvalue weighted by atomic mass is 9.99. The van der Waals surface area contributed by atoms with Crippen LogP contribution in [0.25, 0.3) is 0 Å². The number of hydrogen-bond acceptors (Lipinski definition) is 4. The molecule has 1 saturated heterocycles. The van der Waals surface area contributed by atoms with E-state index in [1.54, 1.807) is 7.11 Å². The van der Waals surface area contributed by atoms with Gasteiger partial charge in [-0.3, -0.25) is 4.90 Å². The highest BCUT2D eigenvalue weighted by atomic mass is 35.5. The van der Waals surface area contributed by atoms with Crippen molar-refractivity contribution in [2.24, 2.45) is 7.05 Å². The minimum atomic E-state index is 0. The lowest BCUT2D eigenvalue weighted by Crippen LogP contribution is -2.47. The van der Waals surface area contributed by atoms with Crippen LogP contribution in [0.1, 0.15) is 30.3 Å². The first kappa shape index (κ1) is 18.8. The van der Waals surface area contributed by atoms with Gasteiger partial charge in [0.15, 0.2) is 0 Å². The van der Waals surface area contributed by atoms with Crippen molar-refractivity contribution in [1.82, 2.24) is 19.8 Å². The van der Waals surface area contributed by atoms with Crippen LogP contribution in [0.5, 0.6) is 5.75 Å². The molecule has 6 heteroatoms. The second-order valence-corrected chi connectivity index (χ2v) is 6.29. The maximum Gasteiger partial charge on any atom is 0.127 e. The normalized spacial score (nSPS) is 19.5. The molecule has 1 aromatic carbocycles. The zero-order valence-corrected chi connectivity index (χ0v) is 15.4. The monoisotopic (exact) mass is 350 g/mol. The smallest absolute Gasteiger partial charge is 0.127 e. The number of nitrogens with one attached hydrogen (secondary N) is 1. The third-order valence-corrected chi connectivity index (χ3v) is 4.70. The van der Waals surface area contributed by atoms with E-state index >= 15 is 0 Å². The Bertz CT molecular complexity index is 628. The number of imidazole rings is 1. The van der Waals surface area contributed by atoms with Gasteiger partial charge in [0.05, 0.1) is 13.2 Å². The summed E-state index contributed by atoms with van der Waals surface area (Å²) in [6.07, 6.45) is 3.91. The van der Waals surface area contributed by atoms with Crippen molar-refractivity contribution in [2.75, 3.05) is 33.3 Å². The maximum atomic E-state index is 5.25. The molecule has 24 heavy (non-hydrogen) atoms. The number of aromatic nitrogens is 2. The summed E-state index contributed by atoms with van der Waals surface area (Å²) in [5.41, 5.74) is 1.35. The second kappa shape index (κ2) is 8.51. The van der Waals surface area contributed by atoms with Gasteiger partial charge in [0.1, 0.15) is 11.6 Å². The minimum absolute atomic E-state index is 0. The molecule has 1 aliphatic heterocycles. The molecule has 1 aromatic heterocycles. The topological polar surface area (TPSA) is 42.3 Å². The third kappa shape index (κ3) is 4.09. The number of piperazine rings is 1. The van der Waals surface area contributed by atoms with E-state index < -0.39 is 0 Å². The van der Waals surface area contributed by atoms with Crippen LogP contribution in [0.2, 0.25) is 0 Å². The first-order valence-electron chi connectivity index (χ1n) is 8.25. The number of halogens is 1. The molecule has 3 rings (SSSR count). The summed E-state index contributed by atoms with van der Waals surface area (Å²) >= 11 is 0. The summed E-state index contributed by atoms with van der Waals surface area (Å²) in [4.78, 5) is 7.11. The Morgan fingerprint density at radius 3 is 2.71 bits per heavy atom. The van der Waals surface area contributed by atoms with Crippen LogP contribution in [0.15, 0.2) is 36.7 Å². The number of nitrogens with zero attached hydrogens (tertiary/aromatic N) is 3. The van der Waals surface area contributed by atoms with Gasteiger partial charge in [0.25, 0.3) is 0 Å². The van der Waals surface area contributed by atoms with Crippen molar-refractivity contribution in [3.63, 3.8) is 0 Å². The number of aryl methyl sites for hydroxylation is 1. The predicted octanol–water partition coefficient (Wildman–Crippen LogP) is 2.60. The van der Waals surface area contributed by atoms with Gasteiger partial charge in [0.2, 0.25) is 0 Å². The Morgan fingerprint density at radius 2 is 2.08 bits per heavy atom. The molecular weight excluding hydrogens is 324 g/mol. The summed E-state index contributed by atoms with van der Waals surface area (Å²) in [6, 6.07) is 8.76. The van der Waals surface area contributed by atoms with E-state index in [1.165, 1.54) is 5.56 Å². The molecule has 1 fully saturated rings. The van der Waals surface area contributed by atoms with Crippen LogP contribution < -0.4 is 10.1 Å². The SMILES string of the molecule is COc1ccc(C(C)CN2CCNCC2c2nccn2C)cc1.Cl. The molecule has 132 valence electrons. The predicted molar refractivity (Wildman–Crippen MR) is 99.0 cm³/mol. The van der Waals surface area contributed by atoms with Gasteiger partial charge in [-0.15, -0.1) is 12.4 Å².